The Bertz CT molecular complexity index is 662. The predicted octanol–water partition coefficient (Wildman–Crippen LogP) is 3.40. The molecule has 2 aromatic carbocycles. The number of amides is 1. The fourth-order valence-corrected chi connectivity index (χ4v) is 2.28. The summed E-state index contributed by atoms with van der Waals surface area (Å²) < 4.78 is 13.0. The maximum Gasteiger partial charge on any atom is 0.279 e. The third kappa shape index (κ3) is 4.70. The van der Waals surface area contributed by atoms with Gasteiger partial charge in [0.05, 0.1) is 5.02 Å². The van der Waals surface area contributed by atoms with Gasteiger partial charge in [0.15, 0.2) is 6.54 Å². The number of nitrogens with one attached hydrogen (secondary N) is 1. The minimum atomic E-state index is -0.511. The fraction of sp³-hybridized carbons (Fsp3) is 0.188. The van der Waals surface area contributed by atoms with E-state index < -0.39 is 5.82 Å². The average Bonchev–Trinajstić information content (AvgIpc) is 2.49. The van der Waals surface area contributed by atoms with Crippen molar-refractivity contribution in [3.05, 3.63) is 63.9 Å². The fourth-order valence-electron chi connectivity index (χ4n) is 1.97. The van der Waals surface area contributed by atoms with Crippen LogP contribution in [0.1, 0.15) is 18.5 Å². The van der Waals surface area contributed by atoms with Gasteiger partial charge in [-0.15, -0.1) is 0 Å². The van der Waals surface area contributed by atoms with Gasteiger partial charge in [-0.3, -0.25) is 4.79 Å². The highest BCUT2D eigenvalue weighted by Crippen LogP contribution is 2.19. The zero-order valence-corrected chi connectivity index (χ0v) is 13.5. The molecule has 0 aliphatic carbocycles. The average molecular weight is 342 g/mol. The minimum absolute atomic E-state index is 0.0173. The van der Waals surface area contributed by atoms with Gasteiger partial charge in [-0.2, -0.15) is 0 Å². The number of carbonyl (C=O) groups excluding carboxylic acids is 1. The number of hydrogen-bond donors (Lipinski definition) is 2. The molecular formula is C16H16Cl2FN2O+. The molecule has 0 radical (unpaired) electrons. The molecule has 6 heteroatoms. The molecule has 0 fully saturated rings. The standard InChI is InChI=1S/C16H15Cl2FN2O/c1-10(11-2-4-12(17)5-3-11)20-9-16(22)21-13-6-7-15(19)14(18)8-13/h2-8,10,20H,9H2,1H3,(H,21,22)/p+1/t10-/m1/s1. The maximum absolute atomic E-state index is 13.0. The van der Waals surface area contributed by atoms with Crippen LogP contribution in [0.25, 0.3) is 0 Å². The van der Waals surface area contributed by atoms with Gasteiger partial charge in [0.1, 0.15) is 11.9 Å². The summed E-state index contributed by atoms with van der Waals surface area (Å²) in [6, 6.07) is 11.7. The SMILES string of the molecule is C[C@@H]([NH2+]CC(=O)Nc1ccc(F)c(Cl)c1)c1ccc(Cl)cc1. The zero-order valence-electron chi connectivity index (χ0n) is 11.9. The summed E-state index contributed by atoms with van der Waals surface area (Å²) in [5, 5.41) is 5.25. The van der Waals surface area contributed by atoms with Gasteiger partial charge in [-0.05, 0) is 37.3 Å². The number of rotatable bonds is 5. The summed E-state index contributed by atoms with van der Waals surface area (Å²) in [4.78, 5) is 11.9. The first kappa shape index (κ1) is 16.7. The number of carbonyl (C=O) groups is 1. The molecule has 0 saturated carbocycles. The Morgan fingerprint density at radius 2 is 1.91 bits per heavy atom. The van der Waals surface area contributed by atoms with E-state index >= 15 is 0 Å². The second-order valence-corrected chi connectivity index (χ2v) is 5.80. The lowest BCUT2D eigenvalue weighted by Gasteiger charge is -2.11. The van der Waals surface area contributed by atoms with Crippen LogP contribution in [-0.2, 0) is 4.79 Å². The second kappa shape index (κ2) is 7.58. The summed E-state index contributed by atoms with van der Waals surface area (Å²) in [6.07, 6.45) is 0. The van der Waals surface area contributed by atoms with Crippen molar-refractivity contribution in [1.82, 2.24) is 0 Å². The van der Waals surface area contributed by atoms with Crippen LogP contribution < -0.4 is 10.6 Å². The maximum atomic E-state index is 13.0. The number of hydrogen-bond acceptors (Lipinski definition) is 1. The molecule has 0 aliphatic rings. The minimum Gasteiger partial charge on any atom is -0.333 e. The normalized spacial score (nSPS) is 12.0. The van der Waals surface area contributed by atoms with Gasteiger partial charge in [-0.1, -0.05) is 35.3 Å². The van der Waals surface area contributed by atoms with Crippen LogP contribution in [0.2, 0.25) is 10.0 Å². The Hall–Kier alpha value is -1.62. The molecule has 0 unspecified atom stereocenters. The summed E-state index contributed by atoms with van der Waals surface area (Å²) in [5.41, 5.74) is 1.56. The van der Waals surface area contributed by atoms with Gasteiger partial charge in [0.25, 0.3) is 5.91 Å². The van der Waals surface area contributed by atoms with E-state index in [1.54, 1.807) is 0 Å². The smallest absolute Gasteiger partial charge is 0.279 e. The first-order valence-corrected chi connectivity index (χ1v) is 7.55. The van der Waals surface area contributed by atoms with Crippen molar-refractivity contribution in [2.45, 2.75) is 13.0 Å². The van der Waals surface area contributed by atoms with Crippen molar-refractivity contribution in [2.75, 3.05) is 11.9 Å². The Balaban J connectivity index is 1.86. The van der Waals surface area contributed by atoms with Crippen LogP contribution in [0.4, 0.5) is 10.1 Å². The monoisotopic (exact) mass is 341 g/mol. The number of quaternary nitrogens is 1. The van der Waals surface area contributed by atoms with E-state index in [9.17, 15) is 9.18 Å². The molecule has 1 amide bonds. The van der Waals surface area contributed by atoms with Crippen LogP contribution >= 0.6 is 23.2 Å². The highest BCUT2D eigenvalue weighted by molar-refractivity contribution is 6.31. The van der Waals surface area contributed by atoms with E-state index in [2.05, 4.69) is 5.32 Å². The van der Waals surface area contributed by atoms with Crippen molar-refractivity contribution in [3.8, 4) is 0 Å². The third-order valence-electron chi connectivity index (χ3n) is 3.26. The summed E-state index contributed by atoms with van der Waals surface area (Å²) in [5.74, 6) is -0.689. The molecule has 2 rings (SSSR count). The Morgan fingerprint density at radius 1 is 1.23 bits per heavy atom. The number of halogens is 3. The lowest BCUT2D eigenvalue weighted by Crippen LogP contribution is -2.86. The highest BCUT2D eigenvalue weighted by Gasteiger charge is 2.12. The van der Waals surface area contributed by atoms with E-state index in [1.807, 2.05) is 36.5 Å². The summed E-state index contributed by atoms with van der Waals surface area (Å²) in [7, 11) is 0. The first-order chi connectivity index (χ1) is 10.5. The topological polar surface area (TPSA) is 45.7 Å². The lowest BCUT2D eigenvalue weighted by atomic mass is 10.1. The zero-order chi connectivity index (χ0) is 16.1. The van der Waals surface area contributed by atoms with Crippen LogP contribution in [0.15, 0.2) is 42.5 Å². The van der Waals surface area contributed by atoms with E-state index in [4.69, 9.17) is 23.2 Å². The molecule has 0 aliphatic heterocycles. The molecule has 3 N–H and O–H groups in total. The largest absolute Gasteiger partial charge is 0.333 e. The van der Waals surface area contributed by atoms with E-state index in [-0.39, 0.29) is 23.5 Å². The first-order valence-electron chi connectivity index (χ1n) is 6.79. The van der Waals surface area contributed by atoms with Gasteiger partial charge in [0.2, 0.25) is 0 Å². The molecule has 0 saturated heterocycles. The van der Waals surface area contributed by atoms with Gasteiger partial charge in [-0.25, -0.2) is 4.39 Å². The molecular weight excluding hydrogens is 326 g/mol. The Kier molecular flexibility index (Phi) is 5.77. The van der Waals surface area contributed by atoms with Crippen LogP contribution in [0.3, 0.4) is 0 Å². The van der Waals surface area contributed by atoms with Crippen molar-refractivity contribution >= 4 is 34.8 Å². The van der Waals surface area contributed by atoms with Gasteiger partial charge >= 0.3 is 0 Å². The predicted molar refractivity (Wildman–Crippen MR) is 86.7 cm³/mol. The molecule has 0 spiro atoms. The number of benzene rings is 2. The van der Waals surface area contributed by atoms with Crippen LogP contribution in [0, 0.1) is 5.82 Å². The molecule has 2 aromatic rings. The van der Waals surface area contributed by atoms with E-state index in [0.717, 1.165) is 5.56 Å². The molecule has 1 atom stereocenters. The van der Waals surface area contributed by atoms with Gasteiger partial charge < -0.3 is 10.6 Å². The highest BCUT2D eigenvalue weighted by atomic mass is 35.5. The van der Waals surface area contributed by atoms with Crippen molar-refractivity contribution in [2.24, 2.45) is 0 Å². The van der Waals surface area contributed by atoms with Crippen LogP contribution in [0.5, 0.6) is 0 Å². The van der Waals surface area contributed by atoms with Crippen molar-refractivity contribution < 1.29 is 14.5 Å². The molecule has 3 nitrogen and oxygen atoms in total. The number of anilines is 1. The quantitative estimate of drug-likeness (QED) is 0.860. The van der Waals surface area contributed by atoms with E-state index in [1.165, 1.54) is 18.2 Å². The van der Waals surface area contributed by atoms with Crippen molar-refractivity contribution in [1.29, 1.82) is 0 Å². The van der Waals surface area contributed by atoms with E-state index in [0.29, 0.717) is 10.7 Å². The molecule has 0 bridgehead atoms. The summed E-state index contributed by atoms with van der Waals surface area (Å²) in [6.45, 7) is 2.25. The third-order valence-corrected chi connectivity index (χ3v) is 3.80. The van der Waals surface area contributed by atoms with Gasteiger partial charge in [0, 0.05) is 16.3 Å². The molecule has 22 heavy (non-hydrogen) atoms. The Labute approximate surface area is 138 Å². The van der Waals surface area contributed by atoms with Crippen LogP contribution in [-0.4, -0.2) is 12.5 Å². The molecule has 0 heterocycles. The number of nitrogens with two attached hydrogens (primary N) is 1. The molecule has 0 aromatic heterocycles. The second-order valence-electron chi connectivity index (χ2n) is 4.96. The molecule has 116 valence electrons. The van der Waals surface area contributed by atoms with Crippen molar-refractivity contribution in [3.63, 3.8) is 0 Å². The lowest BCUT2D eigenvalue weighted by molar-refractivity contribution is -0.682. The Morgan fingerprint density at radius 3 is 2.55 bits per heavy atom. The summed E-state index contributed by atoms with van der Waals surface area (Å²) >= 11 is 11.5.